The van der Waals surface area contributed by atoms with E-state index in [9.17, 15) is 0 Å². The SMILES string of the molecule is C=C[C@@H](CC)c1cc(C(=C)/C=C/C=C(C)C)ccc1C. The predicted octanol–water partition coefficient (Wildman–Crippen LogP) is 6.21. The Morgan fingerprint density at radius 3 is 2.55 bits per heavy atom. The molecule has 0 unspecified atom stereocenters. The van der Waals surface area contributed by atoms with Gasteiger partial charge in [-0.1, -0.05) is 61.6 Å². The molecule has 0 saturated carbocycles. The van der Waals surface area contributed by atoms with Crippen LogP contribution in [-0.2, 0) is 0 Å². The summed E-state index contributed by atoms with van der Waals surface area (Å²) >= 11 is 0. The Morgan fingerprint density at radius 2 is 2.00 bits per heavy atom. The zero-order chi connectivity index (χ0) is 15.1. The number of hydrogen-bond donors (Lipinski definition) is 0. The molecule has 0 nitrogen and oxygen atoms in total. The largest absolute Gasteiger partial charge is 0.102 e. The molecule has 0 saturated heterocycles. The lowest BCUT2D eigenvalue weighted by Gasteiger charge is -2.15. The topological polar surface area (TPSA) is 0 Å². The fourth-order valence-corrected chi connectivity index (χ4v) is 2.21. The molecule has 0 aliphatic heterocycles. The molecule has 0 heteroatoms. The summed E-state index contributed by atoms with van der Waals surface area (Å²) in [5.41, 5.74) is 6.20. The van der Waals surface area contributed by atoms with Gasteiger partial charge < -0.3 is 0 Å². The van der Waals surface area contributed by atoms with Crippen molar-refractivity contribution in [1.82, 2.24) is 0 Å². The fourth-order valence-electron chi connectivity index (χ4n) is 2.21. The smallest absolute Gasteiger partial charge is 0.00155 e. The lowest BCUT2D eigenvalue weighted by Crippen LogP contribution is -1.97. The number of allylic oxidation sites excluding steroid dienone is 6. The third-order valence-corrected chi connectivity index (χ3v) is 3.50. The first-order chi connectivity index (χ1) is 9.49. The van der Waals surface area contributed by atoms with Gasteiger partial charge in [-0.3, -0.25) is 0 Å². The highest BCUT2D eigenvalue weighted by atomic mass is 14.1. The van der Waals surface area contributed by atoms with Gasteiger partial charge in [-0.15, -0.1) is 6.58 Å². The third-order valence-electron chi connectivity index (χ3n) is 3.50. The number of rotatable bonds is 6. The first-order valence-corrected chi connectivity index (χ1v) is 7.23. The molecule has 20 heavy (non-hydrogen) atoms. The van der Waals surface area contributed by atoms with E-state index in [4.69, 9.17) is 0 Å². The van der Waals surface area contributed by atoms with E-state index in [1.807, 2.05) is 6.08 Å². The lowest BCUT2D eigenvalue weighted by atomic mass is 9.90. The van der Waals surface area contributed by atoms with Gasteiger partial charge in [-0.2, -0.15) is 0 Å². The van der Waals surface area contributed by atoms with Crippen LogP contribution in [0.4, 0.5) is 0 Å². The van der Waals surface area contributed by atoms with E-state index in [-0.39, 0.29) is 0 Å². The Morgan fingerprint density at radius 1 is 1.30 bits per heavy atom. The Hall–Kier alpha value is -1.82. The minimum atomic E-state index is 0.421. The van der Waals surface area contributed by atoms with Crippen molar-refractivity contribution in [3.05, 3.63) is 77.9 Å². The van der Waals surface area contributed by atoms with E-state index >= 15 is 0 Å². The van der Waals surface area contributed by atoms with Crippen LogP contribution in [0.15, 0.2) is 61.2 Å². The molecule has 1 aromatic rings. The van der Waals surface area contributed by atoms with Crippen molar-refractivity contribution in [1.29, 1.82) is 0 Å². The summed E-state index contributed by atoms with van der Waals surface area (Å²) in [6, 6.07) is 6.57. The van der Waals surface area contributed by atoms with Gasteiger partial charge in [0.05, 0.1) is 0 Å². The van der Waals surface area contributed by atoms with Crippen molar-refractivity contribution in [3.63, 3.8) is 0 Å². The summed E-state index contributed by atoms with van der Waals surface area (Å²) in [4.78, 5) is 0. The molecule has 0 fully saturated rings. The van der Waals surface area contributed by atoms with Gasteiger partial charge in [0.1, 0.15) is 0 Å². The van der Waals surface area contributed by atoms with Gasteiger partial charge in [0.2, 0.25) is 0 Å². The molecule has 0 amide bonds. The predicted molar refractivity (Wildman–Crippen MR) is 92.0 cm³/mol. The van der Waals surface area contributed by atoms with Gasteiger partial charge in [0.25, 0.3) is 0 Å². The summed E-state index contributed by atoms with van der Waals surface area (Å²) in [5.74, 6) is 0.421. The molecule has 0 spiro atoms. The summed E-state index contributed by atoms with van der Waals surface area (Å²) in [6.07, 6.45) is 9.33. The van der Waals surface area contributed by atoms with Gasteiger partial charge in [-0.05, 0) is 49.5 Å². The molecule has 0 bridgehead atoms. The molecule has 0 aliphatic carbocycles. The van der Waals surface area contributed by atoms with Crippen LogP contribution in [-0.4, -0.2) is 0 Å². The zero-order valence-corrected chi connectivity index (χ0v) is 13.2. The van der Waals surface area contributed by atoms with Gasteiger partial charge in [0, 0.05) is 5.92 Å². The van der Waals surface area contributed by atoms with E-state index in [0.29, 0.717) is 5.92 Å². The van der Waals surface area contributed by atoms with Crippen LogP contribution in [0.1, 0.15) is 49.8 Å². The molecule has 1 atom stereocenters. The highest BCUT2D eigenvalue weighted by Gasteiger charge is 2.09. The van der Waals surface area contributed by atoms with Crippen LogP contribution < -0.4 is 0 Å². The minimum absolute atomic E-state index is 0.421. The van der Waals surface area contributed by atoms with Crippen LogP contribution in [0.3, 0.4) is 0 Å². The van der Waals surface area contributed by atoms with E-state index in [1.54, 1.807) is 0 Å². The van der Waals surface area contributed by atoms with Gasteiger partial charge >= 0.3 is 0 Å². The monoisotopic (exact) mass is 266 g/mol. The van der Waals surface area contributed by atoms with Crippen molar-refractivity contribution in [2.24, 2.45) is 0 Å². The summed E-state index contributed by atoms with van der Waals surface area (Å²) in [5, 5.41) is 0. The molecule has 1 rings (SSSR count). The molecule has 0 heterocycles. The Balaban J connectivity index is 3.06. The van der Waals surface area contributed by atoms with Crippen LogP contribution >= 0.6 is 0 Å². The maximum atomic E-state index is 4.16. The second-order valence-corrected chi connectivity index (χ2v) is 5.45. The highest BCUT2D eigenvalue weighted by Crippen LogP contribution is 2.27. The van der Waals surface area contributed by atoms with Crippen molar-refractivity contribution >= 4 is 5.57 Å². The summed E-state index contributed by atoms with van der Waals surface area (Å²) in [6.45, 7) is 16.6. The van der Waals surface area contributed by atoms with Crippen molar-refractivity contribution in [2.45, 2.75) is 40.0 Å². The van der Waals surface area contributed by atoms with E-state index < -0.39 is 0 Å². The highest BCUT2D eigenvalue weighted by molar-refractivity contribution is 5.73. The van der Waals surface area contributed by atoms with Crippen LogP contribution in [0.25, 0.3) is 5.57 Å². The van der Waals surface area contributed by atoms with Crippen molar-refractivity contribution in [3.8, 4) is 0 Å². The Bertz CT molecular complexity index is 537. The quantitative estimate of drug-likeness (QED) is 0.424. The van der Waals surface area contributed by atoms with Gasteiger partial charge in [-0.25, -0.2) is 0 Å². The molecule has 0 radical (unpaired) electrons. The second-order valence-electron chi connectivity index (χ2n) is 5.45. The van der Waals surface area contributed by atoms with Crippen molar-refractivity contribution in [2.75, 3.05) is 0 Å². The number of benzene rings is 1. The Kier molecular flexibility index (Phi) is 6.24. The molecule has 106 valence electrons. The molecule has 1 aromatic carbocycles. The number of hydrogen-bond acceptors (Lipinski definition) is 0. The zero-order valence-electron chi connectivity index (χ0n) is 13.2. The van der Waals surface area contributed by atoms with Crippen molar-refractivity contribution < 1.29 is 0 Å². The average molecular weight is 266 g/mol. The maximum Gasteiger partial charge on any atom is 0.00155 e. The van der Waals surface area contributed by atoms with E-state index in [2.05, 4.69) is 77.3 Å². The van der Waals surface area contributed by atoms with Crippen LogP contribution in [0.2, 0.25) is 0 Å². The summed E-state index contributed by atoms with van der Waals surface area (Å²) in [7, 11) is 0. The first kappa shape index (κ1) is 16.2. The second kappa shape index (κ2) is 7.69. The fraction of sp³-hybridized carbons (Fsp3) is 0.300. The van der Waals surface area contributed by atoms with Gasteiger partial charge in [0.15, 0.2) is 0 Å². The molecule has 0 aliphatic rings. The maximum absolute atomic E-state index is 4.16. The lowest BCUT2D eigenvalue weighted by molar-refractivity contribution is 0.800. The first-order valence-electron chi connectivity index (χ1n) is 7.23. The van der Waals surface area contributed by atoms with Crippen LogP contribution in [0, 0.1) is 6.92 Å². The standard InChI is InChI=1S/C20H26/c1-7-18(8-2)20-14-19(13-12-17(20)6)16(5)11-9-10-15(3)4/h7,9-14,18H,1,5,8H2,2-4,6H3/b11-9+/t18-/m0/s1. The molecular formula is C20H26. The van der Waals surface area contributed by atoms with E-state index in [0.717, 1.165) is 12.0 Å². The normalized spacial score (nSPS) is 12.2. The minimum Gasteiger partial charge on any atom is -0.102 e. The average Bonchev–Trinajstić information content (AvgIpc) is 2.41. The number of aryl methyl sites for hydroxylation is 1. The van der Waals surface area contributed by atoms with E-state index in [1.165, 1.54) is 22.3 Å². The Labute approximate surface area is 124 Å². The molecule has 0 aromatic heterocycles. The van der Waals surface area contributed by atoms with Crippen LogP contribution in [0.5, 0.6) is 0 Å². The summed E-state index contributed by atoms with van der Waals surface area (Å²) < 4.78 is 0. The molecular weight excluding hydrogens is 240 g/mol. The third kappa shape index (κ3) is 4.38. The molecule has 0 N–H and O–H groups in total.